The first kappa shape index (κ1) is 20.6. The lowest BCUT2D eigenvalue weighted by Crippen LogP contribution is -2.45. The van der Waals surface area contributed by atoms with Crippen molar-refractivity contribution in [3.63, 3.8) is 0 Å². The van der Waals surface area contributed by atoms with Crippen LogP contribution in [0, 0.1) is 0 Å². The number of hydrogen-bond acceptors (Lipinski definition) is 6. The number of amides is 1. The van der Waals surface area contributed by atoms with Crippen LogP contribution in [0.3, 0.4) is 0 Å². The molecule has 0 fully saturated rings. The normalized spacial score (nSPS) is 16.1. The van der Waals surface area contributed by atoms with Crippen LogP contribution in [-0.4, -0.2) is 28.2 Å². The highest BCUT2D eigenvalue weighted by Gasteiger charge is 2.28. The predicted molar refractivity (Wildman–Crippen MR) is 116 cm³/mol. The summed E-state index contributed by atoms with van der Waals surface area (Å²) >= 11 is 0. The number of hydroxylamine groups is 1. The molecule has 0 radical (unpaired) electrons. The highest BCUT2D eigenvalue weighted by Crippen LogP contribution is 2.18. The SMILES string of the molecule is O=C(NC(Cc1ccccc1)C1C=C(Cc2ccccc2)NO1)OCc1cnccn1. The van der Waals surface area contributed by atoms with Crippen LogP contribution in [0.25, 0.3) is 0 Å². The Morgan fingerprint density at radius 3 is 2.52 bits per heavy atom. The van der Waals surface area contributed by atoms with Crippen molar-refractivity contribution in [3.8, 4) is 0 Å². The lowest BCUT2D eigenvalue weighted by Gasteiger charge is -2.22. The van der Waals surface area contributed by atoms with Crippen molar-refractivity contribution >= 4 is 6.09 Å². The molecule has 2 atom stereocenters. The van der Waals surface area contributed by atoms with Crippen LogP contribution in [0.4, 0.5) is 4.79 Å². The molecule has 2 unspecified atom stereocenters. The molecule has 7 heteroatoms. The van der Waals surface area contributed by atoms with E-state index in [2.05, 4.69) is 32.9 Å². The van der Waals surface area contributed by atoms with E-state index in [9.17, 15) is 4.79 Å². The fourth-order valence-electron chi connectivity index (χ4n) is 3.37. The fourth-order valence-corrected chi connectivity index (χ4v) is 3.37. The van der Waals surface area contributed by atoms with Crippen LogP contribution in [0.15, 0.2) is 91.0 Å². The van der Waals surface area contributed by atoms with Crippen molar-refractivity contribution in [2.24, 2.45) is 0 Å². The number of alkyl carbamates (subject to hydrolysis) is 1. The zero-order valence-electron chi connectivity index (χ0n) is 17.0. The fraction of sp³-hybridized carbons (Fsp3) is 0.208. The molecular weight excluding hydrogens is 392 g/mol. The summed E-state index contributed by atoms with van der Waals surface area (Å²) < 4.78 is 5.33. The van der Waals surface area contributed by atoms with Gasteiger partial charge in [-0.3, -0.25) is 20.3 Å². The van der Waals surface area contributed by atoms with Crippen molar-refractivity contribution in [3.05, 3.63) is 108 Å². The minimum atomic E-state index is -0.528. The van der Waals surface area contributed by atoms with Crippen LogP contribution < -0.4 is 10.8 Å². The van der Waals surface area contributed by atoms with Gasteiger partial charge < -0.3 is 10.1 Å². The molecule has 0 aliphatic carbocycles. The third kappa shape index (κ3) is 6.13. The number of nitrogens with zero attached hydrogens (tertiary/aromatic N) is 2. The van der Waals surface area contributed by atoms with Crippen molar-refractivity contribution in [1.29, 1.82) is 0 Å². The molecule has 3 aromatic rings. The quantitative estimate of drug-likeness (QED) is 0.586. The Morgan fingerprint density at radius 2 is 1.81 bits per heavy atom. The number of ether oxygens (including phenoxy) is 1. The number of carbonyl (C=O) groups excluding carboxylic acids is 1. The molecule has 0 bridgehead atoms. The number of hydrogen-bond donors (Lipinski definition) is 2. The van der Waals surface area contributed by atoms with Crippen LogP contribution in [0.2, 0.25) is 0 Å². The van der Waals surface area contributed by atoms with Gasteiger partial charge in [-0.05, 0) is 23.6 Å². The number of allylic oxidation sites excluding steroid dienone is 1. The maximum Gasteiger partial charge on any atom is 0.407 e. The molecule has 158 valence electrons. The third-order valence-corrected chi connectivity index (χ3v) is 4.90. The first-order chi connectivity index (χ1) is 15.3. The van der Waals surface area contributed by atoms with Gasteiger partial charge in [-0.1, -0.05) is 60.7 Å². The largest absolute Gasteiger partial charge is 0.443 e. The van der Waals surface area contributed by atoms with E-state index in [1.165, 1.54) is 5.56 Å². The second-order valence-corrected chi connectivity index (χ2v) is 7.25. The van der Waals surface area contributed by atoms with E-state index in [0.29, 0.717) is 12.1 Å². The van der Waals surface area contributed by atoms with E-state index < -0.39 is 6.09 Å². The van der Waals surface area contributed by atoms with Crippen molar-refractivity contribution in [2.45, 2.75) is 31.6 Å². The second kappa shape index (κ2) is 10.4. The average molecular weight is 416 g/mol. The molecule has 2 aromatic carbocycles. The van der Waals surface area contributed by atoms with E-state index in [0.717, 1.165) is 17.7 Å². The molecule has 1 aliphatic rings. The summed E-state index contributed by atoms with van der Waals surface area (Å²) in [5.41, 5.74) is 6.82. The van der Waals surface area contributed by atoms with E-state index in [1.807, 2.05) is 54.6 Å². The van der Waals surface area contributed by atoms with Gasteiger partial charge in [-0.2, -0.15) is 0 Å². The molecule has 0 spiro atoms. The maximum atomic E-state index is 12.5. The summed E-state index contributed by atoms with van der Waals surface area (Å²) in [6.45, 7) is 0.0522. The summed E-state index contributed by atoms with van der Waals surface area (Å²) in [5, 5.41) is 2.94. The Kier molecular flexibility index (Phi) is 6.87. The lowest BCUT2D eigenvalue weighted by molar-refractivity contribution is 0.0191. The minimum absolute atomic E-state index is 0.0522. The molecular formula is C24H24N4O3. The molecule has 7 nitrogen and oxygen atoms in total. The molecule has 4 rings (SSSR count). The van der Waals surface area contributed by atoms with Gasteiger partial charge in [0.15, 0.2) is 0 Å². The molecule has 2 N–H and O–H groups in total. The number of aromatic nitrogens is 2. The van der Waals surface area contributed by atoms with Crippen molar-refractivity contribution in [1.82, 2.24) is 20.8 Å². The summed E-state index contributed by atoms with van der Waals surface area (Å²) in [4.78, 5) is 26.4. The third-order valence-electron chi connectivity index (χ3n) is 4.90. The molecule has 31 heavy (non-hydrogen) atoms. The topological polar surface area (TPSA) is 85.4 Å². The number of carbonyl (C=O) groups is 1. The molecule has 0 saturated carbocycles. The van der Waals surface area contributed by atoms with E-state index in [1.54, 1.807) is 18.6 Å². The van der Waals surface area contributed by atoms with Crippen molar-refractivity contribution in [2.75, 3.05) is 0 Å². The standard InChI is InChI=1S/C24H24N4O3/c29-24(30-17-21-16-25-11-12-26-21)27-22(14-19-9-5-2-6-10-19)23-15-20(28-31-23)13-18-7-3-1-4-8-18/h1-12,15-16,22-23,28H,13-14,17H2,(H,27,29). The van der Waals surface area contributed by atoms with Gasteiger partial charge in [-0.25, -0.2) is 4.79 Å². The highest BCUT2D eigenvalue weighted by molar-refractivity contribution is 5.67. The average Bonchev–Trinajstić information content (AvgIpc) is 3.28. The summed E-state index contributed by atoms with van der Waals surface area (Å²) in [6.07, 6.45) is 7.19. The number of rotatable bonds is 8. The number of benzene rings is 2. The Hall–Kier alpha value is -3.71. The van der Waals surface area contributed by atoms with Crippen LogP contribution in [-0.2, 0) is 29.0 Å². The molecule has 1 aromatic heterocycles. The minimum Gasteiger partial charge on any atom is -0.443 e. The van der Waals surface area contributed by atoms with Gasteiger partial charge in [0, 0.05) is 24.5 Å². The van der Waals surface area contributed by atoms with Gasteiger partial charge in [0.05, 0.1) is 17.9 Å². The molecule has 1 amide bonds. The van der Waals surface area contributed by atoms with Gasteiger partial charge in [0.1, 0.15) is 12.7 Å². The summed E-state index contributed by atoms with van der Waals surface area (Å²) in [7, 11) is 0. The Labute approximate surface area is 181 Å². The van der Waals surface area contributed by atoms with Crippen molar-refractivity contribution < 1.29 is 14.4 Å². The van der Waals surface area contributed by atoms with Crippen LogP contribution in [0.1, 0.15) is 16.8 Å². The van der Waals surface area contributed by atoms with Gasteiger partial charge in [0.25, 0.3) is 0 Å². The summed E-state index contributed by atoms with van der Waals surface area (Å²) in [5.74, 6) is 0. The smallest absolute Gasteiger partial charge is 0.407 e. The van der Waals surface area contributed by atoms with E-state index in [4.69, 9.17) is 9.57 Å². The van der Waals surface area contributed by atoms with Gasteiger partial charge >= 0.3 is 6.09 Å². The van der Waals surface area contributed by atoms with Crippen LogP contribution >= 0.6 is 0 Å². The Morgan fingerprint density at radius 1 is 1.06 bits per heavy atom. The zero-order valence-corrected chi connectivity index (χ0v) is 17.0. The first-order valence-corrected chi connectivity index (χ1v) is 10.1. The maximum absolute atomic E-state index is 12.5. The number of nitrogens with one attached hydrogen (secondary N) is 2. The Bertz CT molecular complexity index is 997. The molecule has 1 aliphatic heterocycles. The van der Waals surface area contributed by atoms with Gasteiger partial charge in [0.2, 0.25) is 0 Å². The highest BCUT2D eigenvalue weighted by atomic mass is 16.7. The van der Waals surface area contributed by atoms with E-state index >= 15 is 0 Å². The predicted octanol–water partition coefficient (Wildman–Crippen LogP) is 3.34. The lowest BCUT2D eigenvalue weighted by atomic mass is 10.00. The Balaban J connectivity index is 1.42. The van der Waals surface area contributed by atoms with Gasteiger partial charge in [-0.15, -0.1) is 0 Å². The van der Waals surface area contributed by atoms with Crippen LogP contribution in [0.5, 0.6) is 0 Å². The molecule has 0 saturated heterocycles. The second-order valence-electron chi connectivity index (χ2n) is 7.25. The summed E-state index contributed by atoms with van der Waals surface area (Å²) in [6, 6.07) is 19.8. The molecule has 2 heterocycles. The van der Waals surface area contributed by atoms with E-state index in [-0.39, 0.29) is 18.8 Å². The monoisotopic (exact) mass is 416 g/mol. The zero-order chi connectivity index (χ0) is 21.3. The first-order valence-electron chi connectivity index (χ1n) is 10.1.